The molecule has 0 aliphatic carbocycles. The predicted molar refractivity (Wildman–Crippen MR) is 82.5 cm³/mol. The number of pyridine rings is 1. The van der Waals surface area contributed by atoms with E-state index in [9.17, 15) is 8.42 Å². The first kappa shape index (κ1) is 14.9. The molecule has 1 heterocycles. The van der Waals surface area contributed by atoms with Gasteiger partial charge in [0.05, 0.1) is 16.3 Å². The fourth-order valence-corrected chi connectivity index (χ4v) is 3.07. The Morgan fingerprint density at radius 1 is 1.25 bits per heavy atom. The minimum atomic E-state index is -3.20. The van der Waals surface area contributed by atoms with Gasteiger partial charge in [-0.3, -0.25) is 4.98 Å². The highest BCUT2D eigenvalue weighted by molar-refractivity contribution is 7.92. The molecule has 1 atom stereocenters. The zero-order chi connectivity index (χ0) is 15.0. The molecule has 0 radical (unpaired) electrons. The van der Waals surface area contributed by atoms with E-state index in [2.05, 4.69) is 10.3 Å². The van der Waals surface area contributed by atoms with E-state index in [1.807, 2.05) is 30.3 Å². The van der Waals surface area contributed by atoms with Gasteiger partial charge in [-0.15, -0.1) is 0 Å². The van der Waals surface area contributed by atoms with E-state index in [1.165, 1.54) is 6.26 Å². The summed E-state index contributed by atoms with van der Waals surface area (Å²) in [5, 5.41) is 4.17. The Balaban J connectivity index is 2.55. The maximum Gasteiger partial charge on any atom is 0.154 e. The normalized spacial score (nSPS) is 14.4. The van der Waals surface area contributed by atoms with Crippen LogP contribution in [0.1, 0.15) is 25.5 Å². The van der Waals surface area contributed by atoms with Crippen LogP contribution in [0.15, 0.2) is 36.5 Å². The van der Waals surface area contributed by atoms with Crippen molar-refractivity contribution >= 4 is 20.7 Å². The summed E-state index contributed by atoms with van der Waals surface area (Å²) < 4.78 is 23.2. The topological polar surface area (TPSA) is 59.1 Å². The smallest absolute Gasteiger partial charge is 0.154 e. The van der Waals surface area contributed by atoms with Crippen LogP contribution in [0, 0.1) is 0 Å². The molecule has 0 saturated carbocycles. The van der Waals surface area contributed by atoms with E-state index < -0.39 is 14.6 Å². The molecule has 1 aromatic carbocycles. The Hall–Kier alpha value is -1.46. The zero-order valence-electron chi connectivity index (χ0n) is 12.2. The maximum atomic E-state index is 12.0. The molecule has 5 heteroatoms. The maximum absolute atomic E-state index is 12.0. The molecular formula is C15H20N2O2S. The van der Waals surface area contributed by atoms with Gasteiger partial charge in [0.15, 0.2) is 9.84 Å². The first-order valence-electron chi connectivity index (χ1n) is 6.49. The number of hydrogen-bond acceptors (Lipinski definition) is 4. The fourth-order valence-electron chi connectivity index (χ4n) is 2.39. The molecule has 2 rings (SSSR count). The quantitative estimate of drug-likeness (QED) is 0.939. The molecule has 108 valence electrons. The van der Waals surface area contributed by atoms with E-state index in [4.69, 9.17) is 0 Å². The number of sulfone groups is 1. The van der Waals surface area contributed by atoms with Crippen molar-refractivity contribution in [3.8, 4) is 0 Å². The predicted octanol–water partition coefficient (Wildman–Crippen LogP) is 2.32. The summed E-state index contributed by atoms with van der Waals surface area (Å²) in [5.41, 5.74) is 1.80. The first-order valence-corrected chi connectivity index (χ1v) is 8.38. The van der Waals surface area contributed by atoms with Gasteiger partial charge in [-0.25, -0.2) is 8.42 Å². The second-order valence-electron chi connectivity index (χ2n) is 5.55. The van der Waals surface area contributed by atoms with Crippen LogP contribution in [-0.2, 0) is 9.84 Å². The van der Waals surface area contributed by atoms with Gasteiger partial charge in [-0.2, -0.15) is 0 Å². The molecule has 1 N–H and O–H groups in total. The average molecular weight is 292 g/mol. The van der Waals surface area contributed by atoms with E-state index in [-0.39, 0.29) is 6.04 Å². The standard InChI is InChI=1S/C15H20N2O2S/c1-15(2,20(4,18)19)14(16-3)12-8-7-11-6-5-9-17-13(11)10-12/h5-10,14,16H,1-4H3. The van der Waals surface area contributed by atoms with Crippen LogP contribution in [0.25, 0.3) is 10.9 Å². The molecule has 0 aliphatic rings. The highest BCUT2D eigenvalue weighted by Crippen LogP contribution is 2.32. The number of nitrogens with zero attached hydrogens (tertiary/aromatic N) is 1. The van der Waals surface area contributed by atoms with Gasteiger partial charge < -0.3 is 5.32 Å². The van der Waals surface area contributed by atoms with Crippen molar-refractivity contribution in [2.45, 2.75) is 24.6 Å². The second-order valence-corrected chi connectivity index (χ2v) is 8.15. The first-order chi connectivity index (χ1) is 9.27. The Bertz CT molecular complexity index is 723. The Morgan fingerprint density at radius 2 is 1.95 bits per heavy atom. The van der Waals surface area contributed by atoms with E-state index in [0.717, 1.165) is 16.5 Å². The number of nitrogens with one attached hydrogen (secondary N) is 1. The minimum absolute atomic E-state index is 0.288. The highest BCUT2D eigenvalue weighted by Gasteiger charge is 2.39. The summed E-state index contributed by atoms with van der Waals surface area (Å²) in [6.45, 7) is 3.48. The Kier molecular flexibility index (Phi) is 3.84. The summed E-state index contributed by atoms with van der Waals surface area (Å²) >= 11 is 0. The van der Waals surface area contributed by atoms with E-state index in [1.54, 1.807) is 27.1 Å². The van der Waals surface area contributed by atoms with Gasteiger partial charge >= 0.3 is 0 Å². The van der Waals surface area contributed by atoms with Crippen molar-refractivity contribution in [3.63, 3.8) is 0 Å². The average Bonchev–Trinajstić information content (AvgIpc) is 2.38. The molecule has 0 amide bonds. The summed E-state index contributed by atoms with van der Waals surface area (Å²) in [6.07, 6.45) is 3.01. The number of fused-ring (bicyclic) bond motifs is 1. The molecule has 1 unspecified atom stereocenters. The van der Waals surface area contributed by atoms with Crippen molar-refractivity contribution in [1.82, 2.24) is 10.3 Å². The molecule has 1 aromatic heterocycles. The van der Waals surface area contributed by atoms with Crippen molar-refractivity contribution in [2.75, 3.05) is 13.3 Å². The third-order valence-corrected chi connectivity index (χ3v) is 6.05. The Labute approximate surface area is 120 Å². The minimum Gasteiger partial charge on any atom is -0.312 e. The third-order valence-electron chi connectivity index (χ3n) is 3.90. The molecule has 0 aliphatic heterocycles. The zero-order valence-corrected chi connectivity index (χ0v) is 13.0. The van der Waals surface area contributed by atoms with Crippen molar-refractivity contribution in [2.24, 2.45) is 0 Å². The molecule has 0 fully saturated rings. The summed E-state index contributed by atoms with van der Waals surface area (Å²) in [7, 11) is -1.42. The number of aromatic nitrogens is 1. The van der Waals surface area contributed by atoms with Crippen LogP contribution in [0.5, 0.6) is 0 Å². The van der Waals surface area contributed by atoms with Crippen LogP contribution in [-0.4, -0.2) is 31.5 Å². The van der Waals surface area contributed by atoms with Crippen LogP contribution in [0.4, 0.5) is 0 Å². The summed E-state index contributed by atoms with van der Waals surface area (Å²) in [5.74, 6) is 0. The lowest BCUT2D eigenvalue weighted by molar-refractivity contribution is 0.446. The van der Waals surface area contributed by atoms with Crippen LogP contribution in [0.3, 0.4) is 0 Å². The lowest BCUT2D eigenvalue weighted by atomic mass is 9.94. The van der Waals surface area contributed by atoms with Crippen LogP contribution < -0.4 is 5.32 Å². The SMILES string of the molecule is CNC(c1ccc2cccnc2c1)C(C)(C)S(C)(=O)=O. The largest absolute Gasteiger partial charge is 0.312 e. The van der Waals surface area contributed by atoms with Gasteiger partial charge in [0, 0.05) is 17.8 Å². The highest BCUT2D eigenvalue weighted by atomic mass is 32.2. The molecule has 0 spiro atoms. The molecule has 0 bridgehead atoms. The number of rotatable bonds is 4. The van der Waals surface area contributed by atoms with Gasteiger partial charge in [0.1, 0.15) is 0 Å². The second kappa shape index (κ2) is 5.14. The van der Waals surface area contributed by atoms with Crippen LogP contribution in [0.2, 0.25) is 0 Å². The fraction of sp³-hybridized carbons (Fsp3) is 0.400. The van der Waals surface area contributed by atoms with Gasteiger partial charge in [0.2, 0.25) is 0 Å². The molecule has 4 nitrogen and oxygen atoms in total. The van der Waals surface area contributed by atoms with Crippen molar-refractivity contribution in [3.05, 3.63) is 42.1 Å². The third kappa shape index (κ3) is 2.55. The molecule has 0 saturated heterocycles. The van der Waals surface area contributed by atoms with Gasteiger partial charge in [-0.05, 0) is 38.6 Å². The lowest BCUT2D eigenvalue weighted by Crippen LogP contribution is -2.43. The van der Waals surface area contributed by atoms with Gasteiger partial charge in [-0.1, -0.05) is 18.2 Å². The Morgan fingerprint density at radius 3 is 2.55 bits per heavy atom. The number of hydrogen-bond donors (Lipinski definition) is 1. The summed E-state index contributed by atoms with van der Waals surface area (Å²) in [4.78, 5) is 4.33. The van der Waals surface area contributed by atoms with Crippen molar-refractivity contribution < 1.29 is 8.42 Å². The lowest BCUT2D eigenvalue weighted by Gasteiger charge is -2.32. The van der Waals surface area contributed by atoms with Crippen LogP contribution >= 0.6 is 0 Å². The molecule has 2 aromatic rings. The molecular weight excluding hydrogens is 272 g/mol. The van der Waals surface area contributed by atoms with Crippen molar-refractivity contribution in [1.29, 1.82) is 0 Å². The molecule has 20 heavy (non-hydrogen) atoms. The monoisotopic (exact) mass is 292 g/mol. The van der Waals surface area contributed by atoms with Gasteiger partial charge in [0.25, 0.3) is 0 Å². The van der Waals surface area contributed by atoms with E-state index in [0.29, 0.717) is 0 Å². The van der Waals surface area contributed by atoms with E-state index >= 15 is 0 Å². The summed E-state index contributed by atoms with van der Waals surface area (Å²) in [6, 6.07) is 9.46. The number of benzene rings is 1.